The third kappa shape index (κ3) is 4.86. The first-order valence-electron chi connectivity index (χ1n) is 8.19. The topological polar surface area (TPSA) is 69.7 Å². The molecule has 0 fully saturated rings. The van der Waals surface area contributed by atoms with E-state index >= 15 is 0 Å². The van der Waals surface area contributed by atoms with Crippen LogP contribution in [0.3, 0.4) is 0 Å². The minimum atomic E-state index is -0.369. The van der Waals surface area contributed by atoms with E-state index in [-0.39, 0.29) is 29.5 Å². The Hall–Kier alpha value is -2.31. The molecule has 7 heteroatoms. The Balaban J connectivity index is 2.30. The fourth-order valence-corrected chi connectivity index (χ4v) is 2.59. The molecule has 0 atom stereocenters. The highest BCUT2D eigenvalue weighted by Crippen LogP contribution is 2.30. The van der Waals surface area contributed by atoms with E-state index in [1.54, 1.807) is 13.2 Å². The smallest absolute Gasteiger partial charge is 0.258 e. The number of hydrogen-bond acceptors (Lipinski definition) is 5. The van der Waals surface area contributed by atoms with Crippen LogP contribution in [0.25, 0.3) is 0 Å². The lowest BCUT2D eigenvalue weighted by Gasteiger charge is -2.16. The molecular formula is C19H23ClN2O4. The Morgan fingerprint density at radius 2 is 2.04 bits per heavy atom. The van der Waals surface area contributed by atoms with Crippen LogP contribution in [0, 0.1) is 13.8 Å². The number of nitrogens with one attached hydrogen (secondary N) is 1. The number of amides is 1. The molecule has 2 aromatic rings. The third-order valence-corrected chi connectivity index (χ3v) is 3.93. The van der Waals surface area contributed by atoms with Crippen molar-refractivity contribution < 1.29 is 19.0 Å². The number of benzene rings is 1. The van der Waals surface area contributed by atoms with Crippen LogP contribution in [0.15, 0.2) is 24.4 Å². The summed E-state index contributed by atoms with van der Waals surface area (Å²) in [7, 11) is 1.55. The van der Waals surface area contributed by atoms with E-state index in [0.717, 1.165) is 11.1 Å². The molecule has 0 aliphatic rings. The van der Waals surface area contributed by atoms with Gasteiger partial charge in [0.05, 0.1) is 23.6 Å². The minimum Gasteiger partial charge on any atom is -0.489 e. The van der Waals surface area contributed by atoms with Gasteiger partial charge >= 0.3 is 0 Å². The number of aromatic nitrogens is 1. The normalized spacial score (nSPS) is 10.7. The Morgan fingerprint density at radius 3 is 2.69 bits per heavy atom. The number of carbonyl (C=O) groups excluding carboxylic acids is 1. The molecule has 0 aliphatic carbocycles. The number of halogens is 1. The molecule has 0 saturated carbocycles. The van der Waals surface area contributed by atoms with E-state index in [1.165, 1.54) is 6.20 Å². The van der Waals surface area contributed by atoms with Gasteiger partial charge in [0.25, 0.3) is 5.91 Å². The van der Waals surface area contributed by atoms with Crippen LogP contribution < -0.4 is 14.8 Å². The number of methoxy groups -OCH3 is 1. The van der Waals surface area contributed by atoms with Gasteiger partial charge in [-0.05, 0) is 45.4 Å². The van der Waals surface area contributed by atoms with Crippen molar-refractivity contribution in [3.8, 4) is 11.5 Å². The zero-order chi connectivity index (χ0) is 19.3. The van der Waals surface area contributed by atoms with Crippen LogP contribution in [0.1, 0.15) is 35.3 Å². The molecular weight excluding hydrogens is 356 g/mol. The van der Waals surface area contributed by atoms with Crippen LogP contribution in [0.4, 0.5) is 5.69 Å². The summed E-state index contributed by atoms with van der Waals surface area (Å²) in [6.45, 7) is 7.69. The lowest BCUT2D eigenvalue weighted by molar-refractivity contribution is 0.0507. The summed E-state index contributed by atoms with van der Waals surface area (Å²) < 4.78 is 16.0. The van der Waals surface area contributed by atoms with Crippen molar-refractivity contribution in [1.82, 2.24) is 4.98 Å². The Kier molecular flexibility index (Phi) is 6.83. The first-order valence-corrected chi connectivity index (χ1v) is 8.56. The first kappa shape index (κ1) is 20.0. The lowest BCUT2D eigenvalue weighted by atomic mass is 10.1. The molecule has 1 amide bonds. The molecule has 1 aromatic carbocycles. The number of rotatable bonds is 7. The van der Waals surface area contributed by atoms with Gasteiger partial charge in [0.2, 0.25) is 0 Å². The average molecular weight is 379 g/mol. The highest BCUT2D eigenvalue weighted by Gasteiger charge is 2.17. The van der Waals surface area contributed by atoms with Crippen molar-refractivity contribution in [2.75, 3.05) is 19.2 Å². The lowest BCUT2D eigenvalue weighted by Crippen LogP contribution is -2.16. The summed E-state index contributed by atoms with van der Waals surface area (Å²) in [4.78, 5) is 16.8. The largest absolute Gasteiger partial charge is 0.489 e. The van der Waals surface area contributed by atoms with Gasteiger partial charge in [-0.25, -0.2) is 4.98 Å². The van der Waals surface area contributed by atoms with Crippen LogP contribution in [0.5, 0.6) is 11.5 Å². The summed E-state index contributed by atoms with van der Waals surface area (Å²) in [5, 5.41) is 3.00. The van der Waals surface area contributed by atoms with Crippen LogP contribution in [-0.4, -0.2) is 30.9 Å². The number of pyridine rings is 1. The van der Waals surface area contributed by atoms with Crippen molar-refractivity contribution in [3.05, 3.63) is 46.2 Å². The molecule has 1 N–H and O–H groups in total. The van der Waals surface area contributed by atoms with Crippen molar-refractivity contribution >= 4 is 23.2 Å². The molecule has 0 unspecified atom stereocenters. The molecule has 2 rings (SSSR count). The molecule has 0 spiro atoms. The van der Waals surface area contributed by atoms with E-state index in [4.69, 9.17) is 25.8 Å². The Labute approximate surface area is 158 Å². The Bertz CT molecular complexity index is 793. The second-order valence-electron chi connectivity index (χ2n) is 6.06. The minimum absolute atomic E-state index is 0.0343. The predicted octanol–water partition coefficient (Wildman–Crippen LogP) is 4.37. The number of carbonyl (C=O) groups is 1. The van der Waals surface area contributed by atoms with Crippen LogP contribution in [0.2, 0.25) is 5.15 Å². The second kappa shape index (κ2) is 8.87. The van der Waals surface area contributed by atoms with Gasteiger partial charge < -0.3 is 19.5 Å². The standard InChI is InChI=1S/C19H23ClN2O4/c1-11(2)26-14-8-15(18(20)21-9-14)19(23)22-17-12(3)6-7-16(13(17)4)25-10-24-5/h6-9,11H,10H2,1-5H3,(H,22,23). The number of nitrogens with zero attached hydrogens (tertiary/aromatic N) is 1. The summed E-state index contributed by atoms with van der Waals surface area (Å²) in [5.41, 5.74) is 2.61. The average Bonchev–Trinajstić information content (AvgIpc) is 2.59. The zero-order valence-corrected chi connectivity index (χ0v) is 16.3. The van der Waals surface area contributed by atoms with E-state index < -0.39 is 0 Å². The molecule has 26 heavy (non-hydrogen) atoms. The first-order chi connectivity index (χ1) is 12.3. The molecule has 0 radical (unpaired) electrons. The summed E-state index contributed by atoms with van der Waals surface area (Å²) in [5.74, 6) is 0.751. The van der Waals surface area contributed by atoms with Gasteiger partial charge in [-0.15, -0.1) is 0 Å². The SMILES string of the molecule is COCOc1ccc(C)c(NC(=O)c2cc(OC(C)C)cnc2Cl)c1C. The summed E-state index contributed by atoms with van der Waals surface area (Å²) >= 11 is 6.10. The van der Waals surface area contributed by atoms with Gasteiger partial charge in [-0.1, -0.05) is 17.7 Å². The maximum Gasteiger partial charge on any atom is 0.258 e. The summed E-state index contributed by atoms with van der Waals surface area (Å²) in [6.07, 6.45) is 1.46. The molecule has 0 bridgehead atoms. The van der Waals surface area contributed by atoms with Crippen molar-refractivity contribution in [2.24, 2.45) is 0 Å². The van der Waals surface area contributed by atoms with E-state index in [1.807, 2.05) is 39.8 Å². The second-order valence-corrected chi connectivity index (χ2v) is 6.42. The predicted molar refractivity (Wildman–Crippen MR) is 101 cm³/mol. The van der Waals surface area contributed by atoms with Gasteiger partial charge in [-0.3, -0.25) is 4.79 Å². The molecule has 0 saturated heterocycles. The third-order valence-electron chi connectivity index (χ3n) is 3.62. The van der Waals surface area contributed by atoms with E-state index in [0.29, 0.717) is 17.2 Å². The molecule has 0 aliphatic heterocycles. The van der Waals surface area contributed by atoms with Gasteiger partial charge in [0.1, 0.15) is 16.7 Å². The molecule has 140 valence electrons. The zero-order valence-electron chi connectivity index (χ0n) is 15.6. The quantitative estimate of drug-likeness (QED) is 0.572. The monoisotopic (exact) mass is 378 g/mol. The highest BCUT2D eigenvalue weighted by atomic mass is 35.5. The van der Waals surface area contributed by atoms with E-state index in [2.05, 4.69) is 10.3 Å². The van der Waals surface area contributed by atoms with Gasteiger partial charge in [-0.2, -0.15) is 0 Å². The maximum absolute atomic E-state index is 12.7. The van der Waals surface area contributed by atoms with Crippen molar-refractivity contribution in [3.63, 3.8) is 0 Å². The fourth-order valence-electron chi connectivity index (χ4n) is 2.40. The summed E-state index contributed by atoms with van der Waals surface area (Å²) in [6, 6.07) is 5.29. The van der Waals surface area contributed by atoms with Crippen molar-refractivity contribution in [1.29, 1.82) is 0 Å². The Morgan fingerprint density at radius 1 is 1.31 bits per heavy atom. The molecule has 1 heterocycles. The molecule has 6 nitrogen and oxygen atoms in total. The molecule has 1 aromatic heterocycles. The maximum atomic E-state index is 12.7. The van der Waals surface area contributed by atoms with E-state index in [9.17, 15) is 4.79 Å². The van der Waals surface area contributed by atoms with Crippen LogP contribution >= 0.6 is 11.6 Å². The number of ether oxygens (including phenoxy) is 3. The van der Waals surface area contributed by atoms with Gasteiger partial charge in [0, 0.05) is 12.7 Å². The van der Waals surface area contributed by atoms with Crippen molar-refractivity contribution in [2.45, 2.75) is 33.8 Å². The number of anilines is 1. The fraction of sp³-hybridized carbons (Fsp3) is 0.368. The number of hydrogen-bond donors (Lipinski definition) is 1. The number of aryl methyl sites for hydroxylation is 1. The highest BCUT2D eigenvalue weighted by molar-refractivity contribution is 6.33. The van der Waals surface area contributed by atoms with Crippen LogP contribution in [-0.2, 0) is 4.74 Å². The van der Waals surface area contributed by atoms with Gasteiger partial charge in [0.15, 0.2) is 6.79 Å².